The number of anilines is 1. The normalized spacial score (nSPS) is 30.4. The van der Waals surface area contributed by atoms with Crippen LogP contribution < -0.4 is 4.90 Å². The van der Waals surface area contributed by atoms with Crippen LogP contribution in [0, 0.1) is 30.5 Å². The summed E-state index contributed by atoms with van der Waals surface area (Å²) in [6.07, 6.45) is 5.00. The van der Waals surface area contributed by atoms with Gasteiger partial charge in [0.25, 0.3) is 11.7 Å². The minimum absolute atomic E-state index is 0.237. The van der Waals surface area contributed by atoms with Crippen molar-refractivity contribution in [2.75, 3.05) is 11.4 Å². The van der Waals surface area contributed by atoms with Crippen LogP contribution in [0.15, 0.2) is 12.1 Å². The first kappa shape index (κ1) is 13.0. The molecule has 1 aromatic carbocycles. The van der Waals surface area contributed by atoms with E-state index in [4.69, 9.17) is 0 Å². The quantitative estimate of drug-likeness (QED) is 0.784. The third-order valence-electron chi connectivity index (χ3n) is 5.52. The molecule has 2 bridgehead atoms. The summed E-state index contributed by atoms with van der Waals surface area (Å²) in [6.45, 7) is 2.38. The van der Waals surface area contributed by atoms with E-state index in [1.165, 1.54) is 31.4 Å². The van der Waals surface area contributed by atoms with Crippen LogP contribution in [-0.4, -0.2) is 18.2 Å². The van der Waals surface area contributed by atoms with Crippen LogP contribution in [0.2, 0.25) is 0 Å². The number of hydrogen-bond donors (Lipinski definition) is 0. The fourth-order valence-corrected chi connectivity index (χ4v) is 4.61. The molecule has 1 aromatic rings. The van der Waals surface area contributed by atoms with Gasteiger partial charge in [-0.3, -0.25) is 9.59 Å². The van der Waals surface area contributed by atoms with Crippen molar-refractivity contribution in [2.45, 2.75) is 32.6 Å². The molecule has 1 heterocycles. The zero-order valence-electron chi connectivity index (χ0n) is 12.1. The highest BCUT2D eigenvalue weighted by Gasteiger charge is 2.44. The standard InChI is InChI=1S/C17H18FNO2/c1-9-4-13(18)7-14-15(9)19(17(21)16(14)20)8-12-6-10-2-3-11(12)5-10/h4,7,10-12H,2-3,5-6,8H2,1H3. The molecule has 3 nitrogen and oxygen atoms in total. The first-order chi connectivity index (χ1) is 10.0. The Morgan fingerprint density at radius 1 is 1.24 bits per heavy atom. The van der Waals surface area contributed by atoms with Gasteiger partial charge >= 0.3 is 0 Å². The molecule has 3 aliphatic rings. The van der Waals surface area contributed by atoms with Gasteiger partial charge in [-0.1, -0.05) is 6.42 Å². The van der Waals surface area contributed by atoms with E-state index in [1.807, 2.05) is 0 Å². The monoisotopic (exact) mass is 287 g/mol. The summed E-state index contributed by atoms with van der Waals surface area (Å²) < 4.78 is 13.5. The van der Waals surface area contributed by atoms with Gasteiger partial charge in [0.2, 0.25) is 0 Å². The average molecular weight is 287 g/mol. The highest BCUT2D eigenvalue weighted by Crippen LogP contribution is 2.49. The smallest absolute Gasteiger partial charge is 0.299 e. The maximum atomic E-state index is 13.5. The van der Waals surface area contributed by atoms with Crippen molar-refractivity contribution in [3.05, 3.63) is 29.1 Å². The molecular formula is C17H18FNO2. The molecule has 3 unspecified atom stereocenters. The maximum absolute atomic E-state index is 13.5. The summed E-state index contributed by atoms with van der Waals surface area (Å²) in [7, 11) is 0. The molecule has 0 N–H and O–H groups in total. The van der Waals surface area contributed by atoms with E-state index in [0.717, 1.165) is 12.3 Å². The van der Waals surface area contributed by atoms with Crippen LogP contribution in [0.1, 0.15) is 41.6 Å². The number of amides is 1. The van der Waals surface area contributed by atoms with Crippen molar-refractivity contribution in [3.8, 4) is 0 Å². The van der Waals surface area contributed by atoms with Gasteiger partial charge in [-0.15, -0.1) is 0 Å². The SMILES string of the molecule is Cc1cc(F)cc2c1N(CC1CC3CCC1C3)C(=O)C2=O. The van der Waals surface area contributed by atoms with Crippen molar-refractivity contribution < 1.29 is 14.0 Å². The van der Waals surface area contributed by atoms with Gasteiger partial charge in [-0.2, -0.15) is 0 Å². The van der Waals surface area contributed by atoms with Crippen LogP contribution in [0.25, 0.3) is 0 Å². The number of nitrogens with zero attached hydrogens (tertiary/aromatic N) is 1. The Hall–Kier alpha value is -1.71. The molecule has 110 valence electrons. The molecule has 1 aliphatic heterocycles. The zero-order chi connectivity index (χ0) is 14.7. The summed E-state index contributed by atoms with van der Waals surface area (Å²) in [4.78, 5) is 26.0. The molecule has 0 saturated heterocycles. The van der Waals surface area contributed by atoms with Crippen LogP contribution in [0.3, 0.4) is 0 Å². The van der Waals surface area contributed by atoms with E-state index in [1.54, 1.807) is 11.8 Å². The Morgan fingerprint density at radius 2 is 2.05 bits per heavy atom. The molecule has 2 aliphatic carbocycles. The summed E-state index contributed by atoms with van der Waals surface area (Å²) in [5.74, 6) is 0.507. The Bertz CT molecular complexity index is 654. The molecule has 2 saturated carbocycles. The van der Waals surface area contributed by atoms with Gasteiger partial charge in [-0.25, -0.2) is 4.39 Å². The Labute approximate surface area is 123 Å². The lowest BCUT2D eigenvalue weighted by molar-refractivity contribution is -0.114. The highest BCUT2D eigenvalue weighted by atomic mass is 19.1. The number of fused-ring (bicyclic) bond motifs is 3. The van der Waals surface area contributed by atoms with E-state index in [0.29, 0.717) is 29.6 Å². The molecule has 2 fully saturated rings. The number of carbonyl (C=O) groups excluding carboxylic acids is 2. The number of hydrogen-bond acceptors (Lipinski definition) is 2. The predicted molar refractivity (Wildman–Crippen MR) is 76.8 cm³/mol. The third kappa shape index (κ3) is 1.84. The molecule has 1 amide bonds. The summed E-state index contributed by atoms with van der Waals surface area (Å²) >= 11 is 0. The lowest BCUT2D eigenvalue weighted by Crippen LogP contribution is -2.36. The molecule has 21 heavy (non-hydrogen) atoms. The maximum Gasteiger partial charge on any atom is 0.299 e. The molecule has 4 rings (SSSR count). The second-order valence-electron chi connectivity index (χ2n) is 6.80. The minimum Gasteiger partial charge on any atom is -0.304 e. The molecule has 0 aromatic heterocycles. The van der Waals surface area contributed by atoms with Crippen molar-refractivity contribution in [3.63, 3.8) is 0 Å². The number of aryl methyl sites for hydroxylation is 1. The number of carbonyl (C=O) groups is 2. The predicted octanol–water partition coefficient (Wildman–Crippen LogP) is 3.10. The second kappa shape index (κ2) is 4.39. The summed E-state index contributed by atoms with van der Waals surface area (Å²) in [5.41, 5.74) is 1.54. The van der Waals surface area contributed by atoms with Gasteiger partial charge in [-0.05, 0) is 61.6 Å². The highest BCUT2D eigenvalue weighted by molar-refractivity contribution is 6.52. The van der Waals surface area contributed by atoms with Gasteiger partial charge < -0.3 is 4.90 Å². The van der Waals surface area contributed by atoms with Crippen molar-refractivity contribution in [1.82, 2.24) is 0 Å². The fourth-order valence-electron chi connectivity index (χ4n) is 4.61. The van der Waals surface area contributed by atoms with Gasteiger partial charge in [0.1, 0.15) is 5.82 Å². The van der Waals surface area contributed by atoms with E-state index in [-0.39, 0.29) is 5.56 Å². The van der Waals surface area contributed by atoms with E-state index >= 15 is 0 Å². The van der Waals surface area contributed by atoms with Gasteiger partial charge in [0, 0.05) is 6.54 Å². The van der Waals surface area contributed by atoms with Gasteiger partial charge in [0.05, 0.1) is 11.3 Å². The number of ketones is 1. The average Bonchev–Trinajstić information content (AvgIpc) is 3.10. The first-order valence-electron chi connectivity index (χ1n) is 7.71. The summed E-state index contributed by atoms with van der Waals surface area (Å²) in [6, 6.07) is 2.60. The number of benzene rings is 1. The van der Waals surface area contributed by atoms with Crippen molar-refractivity contribution >= 4 is 17.4 Å². The molecule has 4 heteroatoms. The summed E-state index contributed by atoms with van der Waals surface area (Å²) in [5, 5.41) is 0. The Kier molecular flexibility index (Phi) is 2.72. The number of halogens is 1. The number of rotatable bonds is 2. The number of Topliss-reactive ketones (excluding diaryl/α,β-unsaturated/α-hetero) is 1. The van der Waals surface area contributed by atoms with E-state index in [9.17, 15) is 14.0 Å². The zero-order valence-corrected chi connectivity index (χ0v) is 12.1. The Morgan fingerprint density at radius 3 is 2.71 bits per heavy atom. The lowest BCUT2D eigenvalue weighted by atomic mass is 9.88. The fraction of sp³-hybridized carbons (Fsp3) is 0.529. The van der Waals surface area contributed by atoms with Crippen molar-refractivity contribution in [1.29, 1.82) is 0 Å². The van der Waals surface area contributed by atoms with Crippen molar-refractivity contribution in [2.24, 2.45) is 17.8 Å². The third-order valence-corrected chi connectivity index (χ3v) is 5.52. The molecule has 0 radical (unpaired) electrons. The molecule has 3 atom stereocenters. The largest absolute Gasteiger partial charge is 0.304 e. The lowest BCUT2D eigenvalue weighted by Gasteiger charge is -2.27. The first-order valence-corrected chi connectivity index (χ1v) is 7.71. The molecular weight excluding hydrogens is 269 g/mol. The van der Waals surface area contributed by atoms with E-state index < -0.39 is 17.5 Å². The second-order valence-corrected chi connectivity index (χ2v) is 6.80. The Balaban J connectivity index is 1.68. The van der Waals surface area contributed by atoms with Crippen LogP contribution >= 0.6 is 0 Å². The van der Waals surface area contributed by atoms with Gasteiger partial charge in [0.15, 0.2) is 0 Å². The molecule has 0 spiro atoms. The van der Waals surface area contributed by atoms with Crippen LogP contribution in [0.5, 0.6) is 0 Å². The van der Waals surface area contributed by atoms with E-state index in [2.05, 4.69) is 0 Å². The topological polar surface area (TPSA) is 37.4 Å². The van der Waals surface area contributed by atoms with Crippen LogP contribution in [0.4, 0.5) is 10.1 Å². The van der Waals surface area contributed by atoms with Crippen LogP contribution in [-0.2, 0) is 4.79 Å². The minimum atomic E-state index is -0.559.